The Morgan fingerprint density at radius 1 is 1.24 bits per heavy atom. The van der Waals surface area contributed by atoms with Crippen molar-refractivity contribution in [3.8, 4) is 11.5 Å². The molecular formula is C15H17NO5. The van der Waals surface area contributed by atoms with E-state index in [1.165, 1.54) is 0 Å². The van der Waals surface area contributed by atoms with Crippen molar-refractivity contribution in [1.29, 1.82) is 0 Å². The zero-order valence-electron chi connectivity index (χ0n) is 11.7. The molecule has 0 aliphatic carbocycles. The first-order chi connectivity index (χ1) is 10.1. The summed E-state index contributed by atoms with van der Waals surface area (Å²) < 4.78 is 11.5. The lowest BCUT2D eigenvalue weighted by atomic mass is 10.1. The van der Waals surface area contributed by atoms with E-state index in [-0.39, 0.29) is 12.5 Å². The van der Waals surface area contributed by atoms with Gasteiger partial charge in [-0.05, 0) is 25.5 Å². The van der Waals surface area contributed by atoms with E-state index in [9.17, 15) is 9.59 Å². The van der Waals surface area contributed by atoms with Gasteiger partial charge >= 0.3 is 5.97 Å². The summed E-state index contributed by atoms with van der Waals surface area (Å²) in [6.07, 6.45) is -0.650. The van der Waals surface area contributed by atoms with Crippen LogP contribution in [0.1, 0.15) is 13.3 Å². The fourth-order valence-corrected chi connectivity index (χ4v) is 2.73. The molecule has 0 radical (unpaired) electrons. The minimum Gasteiger partial charge on any atom is -0.482 e. The summed E-state index contributed by atoms with van der Waals surface area (Å²) in [5.74, 6) is -0.381. The van der Waals surface area contributed by atoms with E-state index in [0.717, 1.165) is 0 Å². The van der Waals surface area contributed by atoms with Crippen LogP contribution in [0.3, 0.4) is 0 Å². The number of fused-ring (bicyclic) bond motifs is 1. The minimum atomic E-state index is -0.857. The monoisotopic (exact) mass is 291 g/mol. The van der Waals surface area contributed by atoms with Crippen LogP contribution in [-0.4, -0.2) is 47.2 Å². The number of hydrogen-bond acceptors (Lipinski definition) is 4. The predicted molar refractivity (Wildman–Crippen MR) is 73.3 cm³/mol. The van der Waals surface area contributed by atoms with E-state index < -0.39 is 24.1 Å². The Morgan fingerprint density at radius 3 is 2.52 bits per heavy atom. The van der Waals surface area contributed by atoms with E-state index >= 15 is 0 Å². The number of carbonyl (C=O) groups excluding carboxylic acids is 1. The third kappa shape index (κ3) is 2.53. The molecule has 2 heterocycles. The second-order valence-corrected chi connectivity index (χ2v) is 5.42. The molecule has 0 spiro atoms. The van der Waals surface area contributed by atoms with Crippen LogP contribution in [0.15, 0.2) is 24.3 Å². The lowest BCUT2D eigenvalue weighted by molar-refractivity contribution is -0.144. The maximum atomic E-state index is 12.5. The van der Waals surface area contributed by atoms with Crippen LogP contribution in [0.2, 0.25) is 0 Å². The molecule has 3 rings (SSSR count). The van der Waals surface area contributed by atoms with Crippen molar-refractivity contribution in [1.82, 2.24) is 4.90 Å². The van der Waals surface area contributed by atoms with Crippen LogP contribution in [-0.2, 0) is 9.59 Å². The van der Waals surface area contributed by atoms with Crippen molar-refractivity contribution in [3.05, 3.63) is 24.3 Å². The average molecular weight is 291 g/mol. The largest absolute Gasteiger partial charge is 0.482 e. The van der Waals surface area contributed by atoms with Gasteiger partial charge in [0.2, 0.25) is 6.10 Å². The number of nitrogens with zero attached hydrogens (tertiary/aromatic N) is 1. The van der Waals surface area contributed by atoms with Crippen molar-refractivity contribution >= 4 is 11.9 Å². The Kier molecular flexibility index (Phi) is 3.45. The second-order valence-electron chi connectivity index (χ2n) is 5.42. The van der Waals surface area contributed by atoms with E-state index in [1.807, 2.05) is 12.1 Å². The van der Waals surface area contributed by atoms with E-state index in [0.29, 0.717) is 24.5 Å². The number of carboxylic acids is 1. The first kappa shape index (κ1) is 13.7. The molecule has 2 aliphatic rings. The SMILES string of the molecule is CC1Oc2ccccc2OC1C(=O)N1CCC(C(=O)O)C1. The molecule has 1 saturated heterocycles. The summed E-state index contributed by atoms with van der Waals surface area (Å²) in [6, 6.07) is 7.21. The molecular weight excluding hydrogens is 274 g/mol. The van der Waals surface area contributed by atoms with Gasteiger partial charge in [-0.3, -0.25) is 9.59 Å². The molecule has 1 aromatic carbocycles. The quantitative estimate of drug-likeness (QED) is 0.884. The maximum absolute atomic E-state index is 12.5. The van der Waals surface area contributed by atoms with Crippen LogP contribution in [0.25, 0.3) is 0 Å². The highest BCUT2D eigenvalue weighted by Crippen LogP contribution is 2.34. The molecule has 6 heteroatoms. The van der Waals surface area contributed by atoms with Crippen LogP contribution < -0.4 is 9.47 Å². The Balaban J connectivity index is 1.73. The Labute approximate surface area is 122 Å². The van der Waals surface area contributed by atoms with Gasteiger partial charge in [-0.1, -0.05) is 12.1 Å². The lowest BCUT2D eigenvalue weighted by Gasteiger charge is -2.33. The van der Waals surface area contributed by atoms with Crippen LogP contribution in [0.4, 0.5) is 0 Å². The molecule has 0 aromatic heterocycles. The highest BCUT2D eigenvalue weighted by molar-refractivity contribution is 5.84. The minimum absolute atomic E-state index is 0.208. The highest BCUT2D eigenvalue weighted by Gasteiger charge is 2.40. The molecule has 112 valence electrons. The van der Waals surface area contributed by atoms with Gasteiger partial charge < -0.3 is 19.5 Å². The number of aliphatic carboxylic acids is 1. The Bertz CT molecular complexity index is 573. The normalized spacial score (nSPS) is 27.5. The van der Waals surface area contributed by atoms with Gasteiger partial charge in [-0.15, -0.1) is 0 Å². The fraction of sp³-hybridized carbons (Fsp3) is 0.467. The standard InChI is InChI=1S/C15H17NO5/c1-9-13(21-12-5-3-2-4-11(12)20-9)14(17)16-7-6-10(8-16)15(18)19/h2-5,9-10,13H,6-8H2,1H3,(H,18,19). The molecule has 1 fully saturated rings. The number of ether oxygens (including phenoxy) is 2. The first-order valence-corrected chi connectivity index (χ1v) is 7.00. The zero-order chi connectivity index (χ0) is 15.0. The van der Waals surface area contributed by atoms with Gasteiger partial charge in [-0.25, -0.2) is 0 Å². The summed E-state index contributed by atoms with van der Waals surface area (Å²) in [7, 11) is 0. The van der Waals surface area contributed by atoms with Crippen molar-refractivity contribution < 1.29 is 24.2 Å². The average Bonchev–Trinajstić information content (AvgIpc) is 2.96. The van der Waals surface area contributed by atoms with Crippen LogP contribution in [0, 0.1) is 5.92 Å². The van der Waals surface area contributed by atoms with Gasteiger partial charge in [0, 0.05) is 13.1 Å². The summed E-state index contributed by atoms with van der Waals surface area (Å²) in [5, 5.41) is 9.01. The third-order valence-corrected chi connectivity index (χ3v) is 3.93. The number of rotatable bonds is 2. The maximum Gasteiger partial charge on any atom is 0.308 e. The van der Waals surface area contributed by atoms with Crippen LogP contribution >= 0.6 is 0 Å². The molecule has 1 N–H and O–H groups in total. The van der Waals surface area contributed by atoms with Gasteiger partial charge in [0.1, 0.15) is 6.10 Å². The summed E-state index contributed by atoms with van der Waals surface area (Å²) in [4.78, 5) is 25.0. The molecule has 6 nitrogen and oxygen atoms in total. The van der Waals surface area contributed by atoms with Crippen molar-refractivity contribution in [2.24, 2.45) is 5.92 Å². The van der Waals surface area contributed by atoms with Crippen molar-refractivity contribution in [2.45, 2.75) is 25.6 Å². The molecule has 1 amide bonds. The molecule has 3 atom stereocenters. The number of likely N-dealkylation sites (tertiary alicyclic amines) is 1. The van der Waals surface area contributed by atoms with Crippen molar-refractivity contribution in [2.75, 3.05) is 13.1 Å². The number of para-hydroxylation sites is 2. The zero-order valence-corrected chi connectivity index (χ0v) is 11.7. The van der Waals surface area contributed by atoms with E-state index in [1.54, 1.807) is 24.0 Å². The van der Waals surface area contributed by atoms with E-state index in [2.05, 4.69) is 0 Å². The fourth-order valence-electron chi connectivity index (χ4n) is 2.73. The van der Waals surface area contributed by atoms with Crippen molar-refractivity contribution in [3.63, 3.8) is 0 Å². The number of carbonyl (C=O) groups is 2. The third-order valence-electron chi connectivity index (χ3n) is 3.93. The molecule has 21 heavy (non-hydrogen) atoms. The molecule has 0 bridgehead atoms. The molecule has 3 unspecified atom stereocenters. The Hall–Kier alpha value is -2.24. The molecule has 1 aromatic rings. The van der Waals surface area contributed by atoms with Crippen LogP contribution in [0.5, 0.6) is 11.5 Å². The number of hydrogen-bond donors (Lipinski definition) is 1. The number of amides is 1. The van der Waals surface area contributed by atoms with Gasteiger partial charge in [0.25, 0.3) is 5.91 Å². The highest BCUT2D eigenvalue weighted by atomic mass is 16.6. The first-order valence-electron chi connectivity index (χ1n) is 7.00. The topological polar surface area (TPSA) is 76.1 Å². The predicted octanol–water partition coefficient (Wildman–Crippen LogP) is 1.15. The number of carboxylic acid groups (broad SMARTS) is 1. The molecule has 2 aliphatic heterocycles. The van der Waals surface area contributed by atoms with Gasteiger partial charge in [-0.2, -0.15) is 0 Å². The smallest absolute Gasteiger partial charge is 0.308 e. The molecule has 0 saturated carbocycles. The number of benzene rings is 1. The summed E-state index contributed by atoms with van der Waals surface area (Å²) in [5.41, 5.74) is 0. The van der Waals surface area contributed by atoms with Gasteiger partial charge in [0.05, 0.1) is 5.92 Å². The summed E-state index contributed by atoms with van der Waals surface area (Å²) >= 11 is 0. The Morgan fingerprint density at radius 2 is 1.90 bits per heavy atom. The lowest BCUT2D eigenvalue weighted by Crippen LogP contribution is -2.50. The van der Waals surface area contributed by atoms with E-state index in [4.69, 9.17) is 14.6 Å². The second kappa shape index (κ2) is 5.27. The summed E-state index contributed by atoms with van der Waals surface area (Å²) in [6.45, 7) is 2.47. The van der Waals surface area contributed by atoms with Gasteiger partial charge in [0.15, 0.2) is 11.5 Å².